The number of piperidine rings is 1. The average Bonchev–Trinajstić information content (AvgIpc) is 2.37. The van der Waals surface area contributed by atoms with Crippen LogP contribution in [0, 0.1) is 12.8 Å². The summed E-state index contributed by atoms with van der Waals surface area (Å²) in [7, 11) is 0. The molecule has 1 aromatic rings. The molecule has 0 radical (unpaired) electrons. The van der Waals surface area contributed by atoms with Crippen LogP contribution in [0.5, 0.6) is 0 Å². The Labute approximate surface area is 117 Å². The number of hydrogen-bond donors (Lipinski definition) is 1. The maximum atomic E-state index is 9.14. The Bertz CT molecular complexity index is 396. The van der Waals surface area contributed by atoms with Crippen molar-refractivity contribution in [2.75, 3.05) is 13.2 Å². The molecule has 1 N–H and O–H groups in total. The van der Waals surface area contributed by atoms with Gasteiger partial charge in [0.05, 0.1) is 0 Å². The highest BCUT2D eigenvalue weighted by atomic mass is 16.3. The Morgan fingerprint density at radius 3 is 2.58 bits per heavy atom. The standard InChI is InChI=1S/C17H27NO/c1-14-4-6-15(7-5-14)12-18-13-16(9-11-19)8-10-17(18,2)3/h4-7,16,19H,8-13H2,1-3H3. The quantitative estimate of drug-likeness (QED) is 0.898. The molecule has 1 fully saturated rings. The van der Waals surface area contributed by atoms with Crippen LogP contribution in [0.1, 0.15) is 44.2 Å². The first-order valence-corrected chi connectivity index (χ1v) is 7.43. The van der Waals surface area contributed by atoms with Gasteiger partial charge in [-0.1, -0.05) is 29.8 Å². The zero-order chi connectivity index (χ0) is 13.9. The third-order valence-electron chi connectivity index (χ3n) is 4.53. The van der Waals surface area contributed by atoms with Crippen molar-refractivity contribution < 1.29 is 5.11 Å². The lowest BCUT2D eigenvalue weighted by Gasteiger charge is -2.45. The van der Waals surface area contributed by atoms with E-state index in [1.54, 1.807) is 0 Å². The molecule has 1 unspecified atom stereocenters. The first kappa shape index (κ1) is 14.5. The highest BCUT2D eigenvalue weighted by Gasteiger charge is 2.33. The molecule has 2 rings (SSSR count). The summed E-state index contributed by atoms with van der Waals surface area (Å²) in [6.45, 7) is 9.28. The van der Waals surface area contributed by atoms with Gasteiger partial charge in [0.1, 0.15) is 0 Å². The topological polar surface area (TPSA) is 23.5 Å². The number of rotatable bonds is 4. The van der Waals surface area contributed by atoms with E-state index in [2.05, 4.69) is 49.9 Å². The second-order valence-corrected chi connectivity index (χ2v) is 6.60. The number of aryl methyl sites for hydroxylation is 1. The van der Waals surface area contributed by atoms with Gasteiger partial charge in [-0.25, -0.2) is 0 Å². The van der Waals surface area contributed by atoms with Gasteiger partial charge in [-0.05, 0) is 51.5 Å². The van der Waals surface area contributed by atoms with Crippen molar-refractivity contribution in [1.29, 1.82) is 0 Å². The molecule has 1 aromatic carbocycles. The van der Waals surface area contributed by atoms with E-state index < -0.39 is 0 Å². The van der Waals surface area contributed by atoms with Gasteiger partial charge in [0.25, 0.3) is 0 Å². The number of benzene rings is 1. The van der Waals surface area contributed by atoms with Gasteiger partial charge in [0.2, 0.25) is 0 Å². The largest absolute Gasteiger partial charge is 0.396 e. The zero-order valence-electron chi connectivity index (χ0n) is 12.5. The van der Waals surface area contributed by atoms with E-state index in [9.17, 15) is 0 Å². The van der Waals surface area contributed by atoms with Crippen LogP contribution in [0.3, 0.4) is 0 Å². The third-order valence-corrected chi connectivity index (χ3v) is 4.53. The summed E-state index contributed by atoms with van der Waals surface area (Å²) in [5, 5.41) is 9.14. The third kappa shape index (κ3) is 3.80. The summed E-state index contributed by atoms with van der Waals surface area (Å²) >= 11 is 0. The van der Waals surface area contributed by atoms with Crippen molar-refractivity contribution in [2.24, 2.45) is 5.92 Å². The SMILES string of the molecule is Cc1ccc(CN2CC(CCO)CCC2(C)C)cc1. The zero-order valence-corrected chi connectivity index (χ0v) is 12.5. The molecular formula is C17H27NO. The molecule has 1 saturated heterocycles. The van der Waals surface area contributed by atoms with Gasteiger partial charge in [0, 0.05) is 25.2 Å². The Balaban J connectivity index is 2.04. The minimum Gasteiger partial charge on any atom is -0.396 e. The molecule has 0 aliphatic carbocycles. The predicted molar refractivity (Wildman–Crippen MR) is 80.1 cm³/mol. The van der Waals surface area contributed by atoms with E-state index >= 15 is 0 Å². The van der Waals surface area contributed by atoms with Crippen LogP contribution in [0.25, 0.3) is 0 Å². The van der Waals surface area contributed by atoms with Crippen LogP contribution in [-0.4, -0.2) is 28.7 Å². The van der Waals surface area contributed by atoms with E-state index in [4.69, 9.17) is 5.11 Å². The molecule has 1 atom stereocenters. The number of aliphatic hydroxyl groups excluding tert-OH is 1. The van der Waals surface area contributed by atoms with E-state index in [0.29, 0.717) is 12.5 Å². The fourth-order valence-electron chi connectivity index (χ4n) is 2.98. The van der Waals surface area contributed by atoms with Gasteiger partial charge in [-0.15, -0.1) is 0 Å². The van der Waals surface area contributed by atoms with E-state index in [0.717, 1.165) is 19.5 Å². The predicted octanol–water partition coefficient (Wildman–Crippen LogP) is 3.37. The normalized spacial score (nSPS) is 23.5. The van der Waals surface area contributed by atoms with E-state index in [-0.39, 0.29) is 5.54 Å². The van der Waals surface area contributed by atoms with Crippen molar-refractivity contribution in [3.63, 3.8) is 0 Å². The lowest BCUT2D eigenvalue weighted by Crippen LogP contribution is -2.49. The molecule has 106 valence electrons. The molecule has 1 heterocycles. The molecule has 0 bridgehead atoms. The van der Waals surface area contributed by atoms with Gasteiger partial charge < -0.3 is 5.11 Å². The van der Waals surface area contributed by atoms with Gasteiger partial charge in [0.15, 0.2) is 0 Å². The lowest BCUT2D eigenvalue weighted by molar-refractivity contribution is 0.0306. The number of nitrogens with zero attached hydrogens (tertiary/aromatic N) is 1. The van der Waals surface area contributed by atoms with Crippen LogP contribution in [0.2, 0.25) is 0 Å². The highest BCUT2D eigenvalue weighted by Crippen LogP contribution is 2.33. The summed E-state index contributed by atoms with van der Waals surface area (Å²) in [4.78, 5) is 2.58. The minimum atomic E-state index is 0.275. The number of likely N-dealkylation sites (tertiary alicyclic amines) is 1. The average molecular weight is 261 g/mol. The fourth-order valence-corrected chi connectivity index (χ4v) is 2.98. The first-order chi connectivity index (χ1) is 9.01. The molecule has 0 saturated carbocycles. The van der Waals surface area contributed by atoms with Crippen molar-refractivity contribution in [3.8, 4) is 0 Å². The second-order valence-electron chi connectivity index (χ2n) is 6.60. The number of aliphatic hydroxyl groups is 1. The van der Waals surface area contributed by atoms with Crippen LogP contribution >= 0.6 is 0 Å². The Kier molecular flexibility index (Phi) is 4.64. The lowest BCUT2D eigenvalue weighted by atomic mass is 9.83. The van der Waals surface area contributed by atoms with E-state index in [1.807, 2.05) is 0 Å². The summed E-state index contributed by atoms with van der Waals surface area (Å²) < 4.78 is 0. The summed E-state index contributed by atoms with van der Waals surface area (Å²) in [6, 6.07) is 8.86. The highest BCUT2D eigenvalue weighted by molar-refractivity contribution is 5.21. The van der Waals surface area contributed by atoms with Gasteiger partial charge in [-0.3, -0.25) is 4.90 Å². The van der Waals surface area contributed by atoms with Gasteiger partial charge in [-0.2, -0.15) is 0 Å². The summed E-state index contributed by atoms with van der Waals surface area (Å²) in [6.07, 6.45) is 3.42. The molecule has 1 aliphatic heterocycles. The van der Waals surface area contributed by atoms with Crippen molar-refractivity contribution >= 4 is 0 Å². The van der Waals surface area contributed by atoms with Crippen molar-refractivity contribution in [2.45, 2.75) is 52.1 Å². The summed E-state index contributed by atoms with van der Waals surface area (Å²) in [5.41, 5.74) is 2.99. The maximum absolute atomic E-state index is 9.14. The maximum Gasteiger partial charge on any atom is 0.0434 e. The van der Waals surface area contributed by atoms with Crippen LogP contribution < -0.4 is 0 Å². The van der Waals surface area contributed by atoms with Crippen LogP contribution in [0.4, 0.5) is 0 Å². The van der Waals surface area contributed by atoms with Crippen molar-refractivity contribution in [3.05, 3.63) is 35.4 Å². The van der Waals surface area contributed by atoms with Crippen molar-refractivity contribution in [1.82, 2.24) is 4.90 Å². The minimum absolute atomic E-state index is 0.275. The van der Waals surface area contributed by atoms with Crippen LogP contribution in [-0.2, 0) is 6.54 Å². The molecule has 1 aliphatic rings. The molecule has 19 heavy (non-hydrogen) atoms. The van der Waals surface area contributed by atoms with Gasteiger partial charge >= 0.3 is 0 Å². The molecular weight excluding hydrogens is 234 g/mol. The van der Waals surface area contributed by atoms with Crippen LogP contribution in [0.15, 0.2) is 24.3 Å². The molecule has 2 heteroatoms. The second kappa shape index (κ2) is 6.06. The smallest absolute Gasteiger partial charge is 0.0434 e. The Morgan fingerprint density at radius 2 is 1.95 bits per heavy atom. The fraction of sp³-hybridized carbons (Fsp3) is 0.647. The molecule has 2 nitrogen and oxygen atoms in total. The molecule has 0 spiro atoms. The number of hydrogen-bond acceptors (Lipinski definition) is 2. The molecule has 0 amide bonds. The van der Waals surface area contributed by atoms with E-state index in [1.165, 1.54) is 24.0 Å². The Morgan fingerprint density at radius 1 is 1.26 bits per heavy atom. The monoisotopic (exact) mass is 261 g/mol. The summed E-state index contributed by atoms with van der Waals surface area (Å²) in [5.74, 6) is 0.656. The molecule has 0 aromatic heterocycles. The Hall–Kier alpha value is -0.860. The first-order valence-electron chi connectivity index (χ1n) is 7.43.